The highest BCUT2D eigenvalue weighted by atomic mass is 19.4. The zero-order valence-electron chi connectivity index (χ0n) is 12.7. The minimum Gasteiger partial charge on any atom is -0.465 e. The van der Waals surface area contributed by atoms with Crippen molar-refractivity contribution < 1.29 is 27.5 Å². The molecule has 0 unspecified atom stereocenters. The molecule has 1 amide bonds. The largest absolute Gasteiger partial charge is 0.465 e. The van der Waals surface area contributed by atoms with Crippen molar-refractivity contribution in [2.45, 2.75) is 12.7 Å². The van der Waals surface area contributed by atoms with Crippen LogP contribution in [0.15, 0.2) is 48.5 Å². The molecule has 126 valence electrons. The zero-order chi connectivity index (χ0) is 17.7. The van der Waals surface area contributed by atoms with E-state index in [-0.39, 0.29) is 6.54 Å². The number of alkyl halides is 3. The number of methoxy groups -OCH3 is 1. The van der Waals surface area contributed by atoms with Crippen molar-refractivity contribution in [1.82, 2.24) is 5.32 Å². The molecule has 0 aliphatic carbocycles. The smallest absolute Gasteiger partial charge is 0.416 e. The maximum Gasteiger partial charge on any atom is 0.416 e. The molecule has 0 fully saturated rings. The maximum absolute atomic E-state index is 12.5. The van der Waals surface area contributed by atoms with Crippen LogP contribution in [0, 0.1) is 0 Å². The fourth-order valence-electron chi connectivity index (χ4n) is 1.97. The van der Waals surface area contributed by atoms with Crippen LogP contribution in [-0.2, 0) is 17.5 Å². The Bertz CT molecular complexity index is 722. The van der Waals surface area contributed by atoms with Crippen molar-refractivity contribution >= 4 is 11.9 Å². The van der Waals surface area contributed by atoms with E-state index in [2.05, 4.69) is 10.1 Å². The molecule has 7 heteroatoms. The maximum atomic E-state index is 12.5. The molecular weight excluding hydrogens is 323 g/mol. The molecule has 4 nitrogen and oxygen atoms in total. The first-order chi connectivity index (χ1) is 11.3. The molecular formula is C17H14F3NO3. The number of nitrogens with one attached hydrogen (secondary N) is 1. The van der Waals surface area contributed by atoms with Crippen LogP contribution in [0.2, 0.25) is 0 Å². The van der Waals surface area contributed by atoms with E-state index in [1.165, 1.54) is 43.5 Å². The third-order valence-electron chi connectivity index (χ3n) is 3.30. The summed E-state index contributed by atoms with van der Waals surface area (Å²) < 4.78 is 42.0. The highest BCUT2D eigenvalue weighted by molar-refractivity contribution is 5.96. The average Bonchev–Trinajstić information content (AvgIpc) is 2.58. The van der Waals surface area contributed by atoms with E-state index >= 15 is 0 Å². The third-order valence-corrected chi connectivity index (χ3v) is 3.30. The summed E-state index contributed by atoms with van der Waals surface area (Å²) in [4.78, 5) is 23.3. The van der Waals surface area contributed by atoms with Crippen molar-refractivity contribution in [3.8, 4) is 0 Å². The van der Waals surface area contributed by atoms with Gasteiger partial charge in [-0.15, -0.1) is 0 Å². The Morgan fingerprint density at radius 3 is 2.00 bits per heavy atom. The fraction of sp³-hybridized carbons (Fsp3) is 0.176. The number of ether oxygens (including phenoxy) is 1. The second-order valence-corrected chi connectivity index (χ2v) is 4.95. The quantitative estimate of drug-likeness (QED) is 0.870. The van der Waals surface area contributed by atoms with Crippen LogP contribution in [0.4, 0.5) is 13.2 Å². The lowest BCUT2D eigenvalue weighted by Crippen LogP contribution is -2.22. The molecule has 0 bridgehead atoms. The Morgan fingerprint density at radius 2 is 1.50 bits per heavy atom. The van der Waals surface area contributed by atoms with Crippen molar-refractivity contribution in [2.24, 2.45) is 0 Å². The second-order valence-electron chi connectivity index (χ2n) is 4.95. The predicted octanol–water partition coefficient (Wildman–Crippen LogP) is 3.42. The highest BCUT2D eigenvalue weighted by Crippen LogP contribution is 2.29. The predicted molar refractivity (Wildman–Crippen MR) is 80.4 cm³/mol. The first-order valence-electron chi connectivity index (χ1n) is 6.94. The molecule has 0 spiro atoms. The first-order valence-corrected chi connectivity index (χ1v) is 6.94. The monoisotopic (exact) mass is 337 g/mol. The Kier molecular flexibility index (Phi) is 5.23. The topological polar surface area (TPSA) is 55.4 Å². The number of hydrogen-bond donors (Lipinski definition) is 1. The Labute approximate surface area is 136 Å². The van der Waals surface area contributed by atoms with E-state index < -0.39 is 23.6 Å². The SMILES string of the molecule is COC(=O)c1ccc(C(=O)NCc2ccc(C(F)(F)F)cc2)cc1. The van der Waals surface area contributed by atoms with Gasteiger partial charge in [0.15, 0.2) is 0 Å². The van der Waals surface area contributed by atoms with Gasteiger partial charge in [-0.25, -0.2) is 4.79 Å². The van der Waals surface area contributed by atoms with Crippen LogP contribution in [0.1, 0.15) is 31.8 Å². The Balaban J connectivity index is 1.96. The molecule has 0 saturated carbocycles. The number of halogens is 3. The molecule has 0 aliphatic rings. The number of benzene rings is 2. The standard InChI is InChI=1S/C17H14F3NO3/c1-24-16(23)13-6-4-12(5-7-13)15(22)21-10-11-2-8-14(9-3-11)17(18,19)20/h2-9H,10H2,1H3,(H,21,22). The number of amides is 1. The van der Waals surface area contributed by atoms with Gasteiger partial charge < -0.3 is 10.1 Å². The van der Waals surface area contributed by atoms with Crippen LogP contribution in [0.25, 0.3) is 0 Å². The lowest BCUT2D eigenvalue weighted by atomic mass is 10.1. The van der Waals surface area contributed by atoms with Crippen LogP contribution >= 0.6 is 0 Å². The molecule has 0 aliphatic heterocycles. The van der Waals surface area contributed by atoms with Gasteiger partial charge in [-0.3, -0.25) is 4.79 Å². The van der Waals surface area contributed by atoms with E-state index in [0.717, 1.165) is 12.1 Å². The van der Waals surface area contributed by atoms with Gasteiger partial charge in [0.25, 0.3) is 5.91 Å². The van der Waals surface area contributed by atoms with Gasteiger partial charge in [-0.1, -0.05) is 12.1 Å². The molecule has 24 heavy (non-hydrogen) atoms. The minimum absolute atomic E-state index is 0.0930. The summed E-state index contributed by atoms with van der Waals surface area (Å²) in [6.45, 7) is 0.0930. The number of hydrogen-bond acceptors (Lipinski definition) is 3. The minimum atomic E-state index is -4.39. The molecule has 0 radical (unpaired) electrons. The summed E-state index contributed by atoms with van der Waals surface area (Å²) in [5.74, 6) is -0.905. The Morgan fingerprint density at radius 1 is 0.958 bits per heavy atom. The van der Waals surface area contributed by atoms with E-state index in [9.17, 15) is 22.8 Å². The molecule has 0 saturated heterocycles. The summed E-state index contributed by atoms with van der Waals surface area (Å²) in [7, 11) is 1.26. The molecule has 0 aromatic heterocycles. The van der Waals surface area contributed by atoms with Gasteiger partial charge in [0.1, 0.15) is 0 Å². The number of esters is 1. The average molecular weight is 337 g/mol. The summed E-state index contributed by atoms with van der Waals surface area (Å²) in [6, 6.07) is 10.4. The number of carbonyl (C=O) groups excluding carboxylic acids is 2. The Hall–Kier alpha value is -2.83. The van der Waals surface area contributed by atoms with Gasteiger partial charge >= 0.3 is 12.1 Å². The van der Waals surface area contributed by atoms with Crippen molar-refractivity contribution in [1.29, 1.82) is 0 Å². The second kappa shape index (κ2) is 7.16. The molecule has 2 rings (SSSR count). The molecule has 2 aromatic rings. The lowest BCUT2D eigenvalue weighted by Gasteiger charge is -2.09. The van der Waals surface area contributed by atoms with Gasteiger partial charge in [0, 0.05) is 12.1 Å². The van der Waals surface area contributed by atoms with Crippen LogP contribution in [0.5, 0.6) is 0 Å². The third kappa shape index (κ3) is 4.34. The summed E-state index contributed by atoms with van der Waals surface area (Å²) in [5.41, 5.74) is 0.449. The summed E-state index contributed by atoms with van der Waals surface area (Å²) >= 11 is 0. The summed E-state index contributed by atoms with van der Waals surface area (Å²) in [5, 5.41) is 2.60. The first kappa shape index (κ1) is 17.5. The van der Waals surface area contributed by atoms with Crippen LogP contribution in [-0.4, -0.2) is 19.0 Å². The normalized spacial score (nSPS) is 11.0. The zero-order valence-corrected chi connectivity index (χ0v) is 12.7. The van der Waals surface area contributed by atoms with E-state index in [0.29, 0.717) is 16.7 Å². The number of carbonyl (C=O) groups is 2. The molecule has 1 N–H and O–H groups in total. The van der Waals surface area contributed by atoms with Crippen LogP contribution in [0.3, 0.4) is 0 Å². The summed E-state index contributed by atoms with van der Waals surface area (Å²) in [6.07, 6.45) is -4.39. The van der Waals surface area contributed by atoms with Gasteiger partial charge in [0.05, 0.1) is 18.2 Å². The van der Waals surface area contributed by atoms with Gasteiger partial charge in [0.2, 0.25) is 0 Å². The lowest BCUT2D eigenvalue weighted by molar-refractivity contribution is -0.137. The van der Waals surface area contributed by atoms with Crippen molar-refractivity contribution in [3.63, 3.8) is 0 Å². The highest BCUT2D eigenvalue weighted by Gasteiger charge is 2.29. The van der Waals surface area contributed by atoms with E-state index in [1.54, 1.807) is 0 Å². The van der Waals surface area contributed by atoms with E-state index in [1.807, 2.05) is 0 Å². The molecule has 2 aromatic carbocycles. The molecule has 0 heterocycles. The van der Waals surface area contributed by atoms with Gasteiger partial charge in [-0.05, 0) is 42.0 Å². The molecule has 0 atom stereocenters. The number of rotatable bonds is 4. The van der Waals surface area contributed by atoms with Crippen molar-refractivity contribution in [3.05, 3.63) is 70.8 Å². The van der Waals surface area contributed by atoms with E-state index in [4.69, 9.17) is 0 Å². The van der Waals surface area contributed by atoms with Crippen LogP contribution < -0.4 is 5.32 Å². The fourth-order valence-corrected chi connectivity index (χ4v) is 1.97. The van der Waals surface area contributed by atoms with Crippen molar-refractivity contribution in [2.75, 3.05) is 7.11 Å². The van der Waals surface area contributed by atoms with Gasteiger partial charge in [-0.2, -0.15) is 13.2 Å².